The molecule has 1 atom stereocenters. The van der Waals surface area contributed by atoms with Crippen molar-refractivity contribution in [2.75, 3.05) is 13.1 Å². The van der Waals surface area contributed by atoms with E-state index in [0.717, 1.165) is 18.1 Å². The minimum atomic E-state index is 0.799. The Bertz CT molecular complexity index is 185. The first-order valence-electron chi connectivity index (χ1n) is 6.84. The number of hydrogen-bond donors (Lipinski definition) is 1. The fourth-order valence-corrected chi connectivity index (χ4v) is 2.53. The smallest absolute Gasteiger partial charge is 0.0223 e. The van der Waals surface area contributed by atoms with Crippen molar-refractivity contribution in [3.05, 3.63) is 0 Å². The molecule has 2 aliphatic rings. The van der Waals surface area contributed by atoms with Crippen LogP contribution in [0.25, 0.3) is 0 Å². The molecule has 1 unspecified atom stereocenters. The number of hydrogen-bond acceptors (Lipinski definition) is 2. The van der Waals surface area contributed by atoms with Gasteiger partial charge in [-0.15, -0.1) is 0 Å². The summed E-state index contributed by atoms with van der Waals surface area (Å²) < 4.78 is 0. The van der Waals surface area contributed by atoms with Crippen LogP contribution in [0.15, 0.2) is 0 Å². The molecule has 1 N–H and O–H groups in total. The van der Waals surface area contributed by atoms with Crippen molar-refractivity contribution in [1.29, 1.82) is 0 Å². The summed E-state index contributed by atoms with van der Waals surface area (Å²) in [5, 5.41) is 3.70. The molecule has 0 saturated heterocycles. The van der Waals surface area contributed by atoms with Gasteiger partial charge < -0.3 is 5.32 Å². The van der Waals surface area contributed by atoms with Crippen molar-refractivity contribution in [3.63, 3.8) is 0 Å². The molecular formula is C13H26N2. The molecule has 2 saturated carbocycles. The van der Waals surface area contributed by atoms with Crippen molar-refractivity contribution < 1.29 is 0 Å². The molecule has 15 heavy (non-hydrogen) atoms. The molecular weight excluding hydrogens is 184 g/mol. The number of rotatable bonds is 8. The second-order valence-corrected chi connectivity index (χ2v) is 5.19. The molecule has 0 aliphatic heterocycles. The first-order chi connectivity index (χ1) is 7.35. The average Bonchev–Trinajstić information content (AvgIpc) is 3.08. The SMILES string of the molecule is CCCC(CNC1CC1)N(CC)C1CC1. The Hall–Kier alpha value is -0.0800. The van der Waals surface area contributed by atoms with Gasteiger partial charge in [0.15, 0.2) is 0 Å². The van der Waals surface area contributed by atoms with Crippen molar-refractivity contribution in [1.82, 2.24) is 10.2 Å². The van der Waals surface area contributed by atoms with Gasteiger partial charge in [0.05, 0.1) is 0 Å². The Labute approximate surface area is 94.4 Å². The Morgan fingerprint density at radius 2 is 1.93 bits per heavy atom. The predicted molar refractivity (Wildman–Crippen MR) is 65.1 cm³/mol. The molecule has 2 fully saturated rings. The third-order valence-corrected chi connectivity index (χ3v) is 3.69. The molecule has 2 aliphatic carbocycles. The Balaban J connectivity index is 1.78. The molecule has 0 heterocycles. The number of nitrogens with zero attached hydrogens (tertiary/aromatic N) is 1. The normalized spacial score (nSPS) is 23.4. The van der Waals surface area contributed by atoms with Crippen LogP contribution in [0.1, 0.15) is 52.4 Å². The summed E-state index contributed by atoms with van der Waals surface area (Å²) >= 11 is 0. The number of nitrogens with one attached hydrogen (secondary N) is 1. The van der Waals surface area contributed by atoms with E-state index in [1.165, 1.54) is 51.6 Å². The topological polar surface area (TPSA) is 15.3 Å². The van der Waals surface area contributed by atoms with Crippen LogP contribution in [-0.2, 0) is 0 Å². The molecule has 2 nitrogen and oxygen atoms in total. The third kappa shape index (κ3) is 3.46. The molecule has 0 spiro atoms. The zero-order valence-electron chi connectivity index (χ0n) is 10.3. The average molecular weight is 210 g/mol. The summed E-state index contributed by atoms with van der Waals surface area (Å²) in [5.74, 6) is 0. The van der Waals surface area contributed by atoms with E-state index in [9.17, 15) is 0 Å². The standard InChI is InChI=1S/C13H26N2/c1-3-5-13(10-14-11-6-7-11)15(4-2)12-8-9-12/h11-14H,3-10H2,1-2H3. The fraction of sp³-hybridized carbons (Fsp3) is 1.00. The highest BCUT2D eigenvalue weighted by Crippen LogP contribution is 2.29. The van der Waals surface area contributed by atoms with E-state index in [1.807, 2.05) is 0 Å². The van der Waals surface area contributed by atoms with Gasteiger partial charge in [-0.3, -0.25) is 4.90 Å². The zero-order chi connectivity index (χ0) is 10.7. The maximum Gasteiger partial charge on any atom is 0.0223 e. The highest BCUT2D eigenvalue weighted by molar-refractivity contribution is 4.90. The molecule has 0 amide bonds. The number of likely N-dealkylation sites (N-methyl/N-ethyl adjacent to an activating group) is 1. The van der Waals surface area contributed by atoms with Crippen LogP contribution in [0.3, 0.4) is 0 Å². The van der Waals surface area contributed by atoms with E-state index in [4.69, 9.17) is 0 Å². The summed E-state index contributed by atoms with van der Waals surface area (Å²) in [7, 11) is 0. The van der Waals surface area contributed by atoms with Gasteiger partial charge in [-0.2, -0.15) is 0 Å². The predicted octanol–water partition coefficient (Wildman–Crippen LogP) is 2.39. The first kappa shape index (κ1) is 11.4. The largest absolute Gasteiger partial charge is 0.312 e. The van der Waals surface area contributed by atoms with Crippen molar-refractivity contribution in [2.45, 2.75) is 70.5 Å². The van der Waals surface area contributed by atoms with Crippen LogP contribution >= 0.6 is 0 Å². The highest BCUT2D eigenvalue weighted by Gasteiger charge is 2.33. The van der Waals surface area contributed by atoms with E-state index in [-0.39, 0.29) is 0 Å². The summed E-state index contributed by atoms with van der Waals surface area (Å²) in [6.45, 7) is 7.09. The van der Waals surface area contributed by atoms with E-state index >= 15 is 0 Å². The fourth-order valence-electron chi connectivity index (χ4n) is 2.53. The molecule has 2 heteroatoms. The lowest BCUT2D eigenvalue weighted by molar-refractivity contribution is 0.180. The van der Waals surface area contributed by atoms with E-state index in [0.29, 0.717) is 0 Å². The molecule has 2 rings (SSSR count). The molecule has 0 aromatic rings. The van der Waals surface area contributed by atoms with Crippen LogP contribution < -0.4 is 5.32 Å². The lowest BCUT2D eigenvalue weighted by atomic mass is 10.1. The lowest BCUT2D eigenvalue weighted by Crippen LogP contribution is -2.44. The maximum absolute atomic E-state index is 3.70. The minimum Gasteiger partial charge on any atom is -0.312 e. The Morgan fingerprint density at radius 3 is 2.40 bits per heavy atom. The molecule has 88 valence electrons. The Morgan fingerprint density at radius 1 is 1.20 bits per heavy atom. The van der Waals surface area contributed by atoms with Crippen LogP contribution in [0, 0.1) is 0 Å². The van der Waals surface area contributed by atoms with Crippen molar-refractivity contribution >= 4 is 0 Å². The van der Waals surface area contributed by atoms with Gasteiger partial charge in [-0.1, -0.05) is 20.3 Å². The van der Waals surface area contributed by atoms with Gasteiger partial charge >= 0.3 is 0 Å². The summed E-state index contributed by atoms with van der Waals surface area (Å²) in [6.07, 6.45) is 8.39. The van der Waals surface area contributed by atoms with Gasteiger partial charge in [-0.05, 0) is 38.6 Å². The first-order valence-corrected chi connectivity index (χ1v) is 6.84. The van der Waals surface area contributed by atoms with E-state index in [1.54, 1.807) is 0 Å². The maximum atomic E-state index is 3.70. The molecule has 0 bridgehead atoms. The van der Waals surface area contributed by atoms with Gasteiger partial charge in [0.1, 0.15) is 0 Å². The van der Waals surface area contributed by atoms with Crippen LogP contribution in [0.2, 0.25) is 0 Å². The van der Waals surface area contributed by atoms with Gasteiger partial charge in [0.2, 0.25) is 0 Å². The summed E-state index contributed by atoms with van der Waals surface area (Å²) in [6, 6.07) is 2.59. The Kier molecular flexibility index (Phi) is 4.04. The van der Waals surface area contributed by atoms with Gasteiger partial charge in [0.25, 0.3) is 0 Å². The molecule has 0 aromatic carbocycles. The molecule has 0 aromatic heterocycles. The van der Waals surface area contributed by atoms with E-state index in [2.05, 4.69) is 24.1 Å². The van der Waals surface area contributed by atoms with Crippen LogP contribution in [0.5, 0.6) is 0 Å². The molecule has 0 radical (unpaired) electrons. The summed E-state index contributed by atoms with van der Waals surface area (Å²) in [4.78, 5) is 2.74. The zero-order valence-corrected chi connectivity index (χ0v) is 10.3. The lowest BCUT2D eigenvalue weighted by Gasteiger charge is -2.31. The highest BCUT2D eigenvalue weighted by atomic mass is 15.2. The summed E-state index contributed by atoms with van der Waals surface area (Å²) in [5.41, 5.74) is 0. The van der Waals surface area contributed by atoms with Gasteiger partial charge in [-0.25, -0.2) is 0 Å². The minimum absolute atomic E-state index is 0.799. The van der Waals surface area contributed by atoms with Crippen molar-refractivity contribution in [2.24, 2.45) is 0 Å². The van der Waals surface area contributed by atoms with Crippen molar-refractivity contribution in [3.8, 4) is 0 Å². The second-order valence-electron chi connectivity index (χ2n) is 5.19. The third-order valence-electron chi connectivity index (χ3n) is 3.69. The monoisotopic (exact) mass is 210 g/mol. The van der Waals surface area contributed by atoms with E-state index < -0.39 is 0 Å². The quantitative estimate of drug-likeness (QED) is 0.662. The van der Waals surface area contributed by atoms with Gasteiger partial charge in [0, 0.05) is 24.7 Å². The van der Waals surface area contributed by atoms with Crippen LogP contribution in [-0.4, -0.2) is 36.1 Å². The second kappa shape index (κ2) is 5.31. The van der Waals surface area contributed by atoms with Crippen LogP contribution in [0.4, 0.5) is 0 Å².